The van der Waals surface area contributed by atoms with Crippen molar-refractivity contribution in [3.8, 4) is 22.9 Å². The molecule has 3 aromatic carbocycles. The minimum Gasteiger partial charge on any atom is -0.457 e. The first-order chi connectivity index (χ1) is 15.9. The smallest absolute Gasteiger partial charge is 0.253 e. The van der Waals surface area contributed by atoms with Crippen LogP contribution in [-0.4, -0.2) is 52.6 Å². The predicted molar refractivity (Wildman–Crippen MR) is 127 cm³/mol. The largest absolute Gasteiger partial charge is 0.457 e. The summed E-state index contributed by atoms with van der Waals surface area (Å²) in [4.78, 5) is 16.7. The molecule has 0 spiro atoms. The molecule has 33 heavy (non-hydrogen) atoms. The highest BCUT2D eigenvalue weighted by Gasteiger charge is 2.15. The number of anilines is 1. The SMILES string of the molecule is Cc1cc(-c2nn[nH]n2)ccc1Oc1ccc(C(=O)N(C)Cc2ccccc2N(C)C)cc1. The molecule has 1 N–H and O–H groups in total. The zero-order chi connectivity index (χ0) is 23.4. The Labute approximate surface area is 192 Å². The zero-order valence-corrected chi connectivity index (χ0v) is 19.1. The molecule has 8 heteroatoms. The van der Waals surface area contributed by atoms with E-state index in [1.165, 1.54) is 0 Å². The van der Waals surface area contributed by atoms with Crippen molar-refractivity contribution in [1.29, 1.82) is 0 Å². The van der Waals surface area contributed by atoms with Gasteiger partial charge in [-0.25, -0.2) is 0 Å². The Bertz CT molecular complexity index is 1240. The number of nitrogens with one attached hydrogen (secondary N) is 1. The van der Waals surface area contributed by atoms with Crippen molar-refractivity contribution < 1.29 is 9.53 Å². The third-order valence-electron chi connectivity index (χ3n) is 5.34. The molecule has 0 radical (unpaired) electrons. The van der Waals surface area contributed by atoms with E-state index < -0.39 is 0 Å². The first-order valence-corrected chi connectivity index (χ1v) is 10.6. The van der Waals surface area contributed by atoms with Gasteiger partial charge in [0.15, 0.2) is 0 Å². The number of ether oxygens (including phenoxy) is 1. The molecule has 0 aliphatic rings. The van der Waals surface area contributed by atoms with Crippen LogP contribution in [0.5, 0.6) is 11.5 Å². The average molecular weight is 443 g/mol. The minimum absolute atomic E-state index is 0.0456. The number of benzene rings is 3. The standard InChI is InChI=1S/C25H26N6O2/c1-17-15-19(24-26-28-29-27-24)11-14-23(17)33-21-12-9-18(10-13-21)25(32)31(4)16-20-7-5-6-8-22(20)30(2)3/h5-15H,16H2,1-4H3,(H,26,27,28,29). The molecule has 0 bridgehead atoms. The summed E-state index contributed by atoms with van der Waals surface area (Å²) in [5.41, 5.74) is 4.60. The van der Waals surface area contributed by atoms with Gasteiger partial charge in [0.25, 0.3) is 5.91 Å². The van der Waals surface area contributed by atoms with Crippen molar-refractivity contribution in [2.24, 2.45) is 0 Å². The Morgan fingerprint density at radius 2 is 1.76 bits per heavy atom. The fraction of sp³-hybridized carbons (Fsp3) is 0.200. The molecule has 4 rings (SSSR count). The lowest BCUT2D eigenvalue weighted by Gasteiger charge is -2.22. The number of tetrazole rings is 1. The minimum atomic E-state index is -0.0456. The molecule has 8 nitrogen and oxygen atoms in total. The first-order valence-electron chi connectivity index (χ1n) is 10.6. The van der Waals surface area contributed by atoms with Crippen LogP contribution < -0.4 is 9.64 Å². The molecular weight excluding hydrogens is 416 g/mol. The van der Waals surface area contributed by atoms with Crippen LogP contribution in [0.15, 0.2) is 66.7 Å². The second-order valence-electron chi connectivity index (χ2n) is 8.03. The van der Waals surface area contributed by atoms with Crippen molar-refractivity contribution in [2.45, 2.75) is 13.5 Å². The number of H-pyrrole nitrogens is 1. The zero-order valence-electron chi connectivity index (χ0n) is 19.1. The molecule has 0 saturated carbocycles. The Kier molecular flexibility index (Phi) is 6.35. The third kappa shape index (κ3) is 5.01. The predicted octanol–water partition coefficient (Wildman–Crippen LogP) is 4.31. The number of amides is 1. The van der Waals surface area contributed by atoms with Crippen LogP contribution in [0, 0.1) is 6.92 Å². The lowest BCUT2D eigenvalue weighted by Crippen LogP contribution is -2.27. The normalized spacial score (nSPS) is 10.7. The molecule has 1 amide bonds. The monoisotopic (exact) mass is 442 g/mol. The van der Waals surface area contributed by atoms with Gasteiger partial charge in [0.1, 0.15) is 11.5 Å². The number of hydrogen-bond donors (Lipinski definition) is 1. The van der Waals surface area contributed by atoms with Crippen LogP contribution in [0.1, 0.15) is 21.5 Å². The Balaban J connectivity index is 1.43. The third-order valence-corrected chi connectivity index (χ3v) is 5.34. The van der Waals surface area contributed by atoms with E-state index >= 15 is 0 Å². The highest BCUT2D eigenvalue weighted by Crippen LogP contribution is 2.28. The molecule has 1 aromatic heterocycles. The Hall–Kier alpha value is -4.20. The van der Waals surface area contributed by atoms with Crippen LogP contribution in [-0.2, 0) is 6.54 Å². The second kappa shape index (κ2) is 9.52. The van der Waals surface area contributed by atoms with E-state index in [4.69, 9.17) is 4.74 Å². The summed E-state index contributed by atoms with van der Waals surface area (Å²) in [7, 11) is 5.81. The first kappa shape index (κ1) is 22.0. The average Bonchev–Trinajstić information content (AvgIpc) is 3.35. The van der Waals surface area contributed by atoms with Gasteiger partial charge in [-0.05, 0) is 71.8 Å². The van der Waals surface area contributed by atoms with Crippen molar-refractivity contribution in [3.05, 3.63) is 83.4 Å². The molecular formula is C25H26N6O2. The number of rotatable bonds is 7. The fourth-order valence-corrected chi connectivity index (χ4v) is 3.61. The fourth-order valence-electron chi connectivity index (χ4n) is 3.61. The summed E-state index contributed by atoms with van der Waals surface area (Å²) in [5, 5.41) is 14.0. The summed E-state index contributed by atoms with van der Waals surface area (Å²) in [6.07, 6.45) is 0. The van der Waals surface area contributed by atoms with Crippen LogP contribution in [0.3, 0.4) is 0 Å². The highest BCUT2D eigenvalue weighted by atomic mass is 16.5. The molecule has 0 saturated heterocycles. The van der Waals surface area contributed by atoms with Gasteiger partial charge in [0, 0.05) is 44.5 Å². The van der Waals surface area contributed by atoms with Gasteiger partial charge >= 0.3 is 0 Å². The van der Waals surface area contributed by atoms with E-state index in [1.807, 2.05) is 64.5 Å². The van der Waals surface area contributed by atoms with E-state index in [0.717, 1.165) is 28.1 Å². The van der Waals surface area contributed by atoms with Crippen LogP contribution in [0.25, 0.3) is 11.4 Å². The van der Waals surface area contributed by atoms with E-state index in [0.29, 0.717) is 23.7 Å². The lowest BCUT2D eigenvalue weighted by atomic mass is 10.1. The number of carbonyl (C=O) groups excluding carboxylic acids is 1. The van der Waals surface area contributed by atoms with Gasteiger partial charge < -0.3 is 14.5 Å². The van der Waals surface area contributed by atoms with Gasteiger partial charge in [0.2, 0.25) is 5.82 Å². The molecule has 0 fully saturated rings. The van der Waals surface area contributed by atoms with E-state index in [2.05, 4.69) is 31.6 Å². The number of hydrogen-bond acceptors (Lipinski definition) is 6. The van der Waals surface area contributed by atoms with E-state index in [1.54, 1.807) is 29.2 Å². The van der Waals surface area contributed by atoms with Crippen LogP contribution in [0.2, 0.25) is 0 Å². The summed E-state index contributed by atoms with van der Waals surface area (Å²) < 4.78 is 6.02. The molecule has 0 unspecified atom stereocenters. The summed E-state index contributed by atoms with van der Waals surface area (Å²) in [5.74, 6) is 1.86. The number of nitrogens with zero attached hydrogens (tertiary/aromatic N) is 5. The number of carbonyl (C=O) groups is 1. The molecule has 168 valence electrons. The summed E-state index contributed by atoms with van der Waals surface area (Å²) in [6.45, 7) is 2.48. The highest BCUT2D eigenvalue weighted by molar-refractivity contribution is 5.94. The van der Waals surface area contributed by atoms with Crippen LogP contribution >= 0.6 is 0 Å². The van der Waals surface area contributed by atoms with Gasteiger partial charge in [0.05, 0.1) is 0 Å². The second-order valence-corrected chi connectivity index (χ2v) is 8.03. The van der Waals surface area contributed by atoms with E-state index in [9.17, 15) is 4.79 Å². The molecule has 0 aliphatic heterocycles. The maximum atomic E-state index is 13.0. The Morgan fingerprint density at radius 3 is 2.42 bits per heavy atom. The lowest BCUT2D eigenvalue weighted by molar-refractivity contribution is 0.0785. The quantitative estimate of drug-likeness (QED) is 0.459. The summed E-state index contributed by atoms with van der Waals surface area (Å²) in [6, 6.07) is 21.0. The van der Waals surface area contributed by atoms with Crippen molar-refractivity contribution in [2.75, 3.05) is 26.0 Å². The number of aromatic nitrogens is 4. The molecule has 0 atom stereocenters. The number of aromatic amines is 1. The van der Waals surface area contributed by atoms with Crippen molar-refractivity contribution in [3.63, 3.8) is 0 Å². The molecule has 4 aromatic rings. The number of para-hydroxylation sites is 1. The maximum absolute atomic E-state index is 13.0. The molecule has 1 heterocycles. The van der Waals surface area contributed by atoms with Gasteiger partial charge in [-0.1, -0.05) is 18.2 Å². The van der Waals surface area contributed by atoms with Crippen LogP contribution in [0.4, 0.5) is 5.69 Å². The topological polar surface area (TPSA) is 87.2 Å². The molecule has 0 aliphatic carbocycles. The summed E-state index contributed by atoms with van der Waals surface area (Å²) >= 11 is 0. The van der Waals surface area contributed by atoms with Gasteiger partial charge in [-0.2, -0.15) is 5.21 Å². The van der Waals surface area contributed by atoms with Crippen molar-refractivity contribution >= 4 is 11.6 Å². The Morgan fingerprint density at radius 1 is 1.00 bits per heavy atom. The van der Waals surface area contributed by atoms with Crippen molar-refractivity contribution in [1.82, 2.24) is 25.5 Å². The van der Waals surface area contributed by atoms with E-state index in [-0.39, 0.29) is 5.91 Å². The maximum Gasteiger partial charge on any atom is 0.253 e. The van der Waals surface area contributed by atoms with Gasteiger partial charge in [-0.15, -0.1) is 10.2 Å². The van der Waals surface area contributed by atoms with Gasteiger partial charge in [-0.3, -0.25) is 4.79 Å². The number of aryl methyl sites for hydroxylation is 1.